The number of nitrogens with two attached hydrogens (primary N) is 2. The molecule has 0 bridgehead atoms. The summed E-state index contributed by atoms with van der Waals surface area (Å²) in [5.74, 6) is -0.770. The highest BCUT2D eigenvalue weighted by Crippen LogP contribution is 2.16. The number of hydrogen-bond acceptors (Lipinski definition) is 6. The molecule has 92 valence electrons. The molecule has 1 amide bonds. The summed E-state index contributed by atoms with van der Waals surface area (Å²) < 4.78 is 4.56. The number of nitrogens with one attached hydrogen (secondary N) is 1. The van der Waals surface area contributed by atoms with Gasteiger partial charge in [-0.25, -0.2) is 9.78 Å². The smallest absolute Gasteiger partial charge is 0.340 e. The van der Waals surface area contributed by atoms with Crippen LogP contribution in [0.5, 0.6) is 0 Å². The van der Waals surface area contributed by atoms with Crippen molar-refractivity contribution in [1.29, 1.82) is 0 Å². The number of carbonyl (C=O) groups excluding carboxylic acids is 2. The van der Waals surface area contributed by atoms with Crippen molar-refractivity contribution in [2.75, 3.05) is 18.2 Å². The first-order valence-corrected chi connectivity index (χ1v) is 4.85. The lowest BCUT2D eigenvalue weighted by Gasteiger charge is -2.12. The van der Waals surface area contributed by atoms with Crippen LogP contribution in [0.25, 0.3) is 0 Å². The largest absolute Gasteiger partial charge is 0.465 e. The zero-order chi connectivity index (χ0) is 13.0. The lowest BCUT2D eigenvalue weighted by atomic mass is 10.2. The van der Waals surface area contributed by atoms with Gasteiger partial charge in [-0.15, -0.1) is 0 Å². The maximum absolute atomic E-state index is 11.4. The average molecular weight is 238 g/mol. The number of primary amides is 1. The van der Waals surface area contributed by atoms with Crippen molar-refractivity contribution in [3.63, 3.8) is 0 Å². The van der Waals surface area contributed by atoms with E-state index in [1.807, 2.05) is 0 Å². The maximum Gasteiger partial charge on any atom is 0.340 e. The van der Waals surface area contributed by atoms with E-state index >= 15 is 0 Å². The Balaban J connectivity index is 2.96. The van der Waals surface area contributed by atoms with Crippen LogP contribution in [0.1, 0.15) is 17.3 Å². The predicted octanol–water partition coefficient (Wildman–Crippen LogP) is -0.264. The van der Waals surface area contributed by atoms with Crippen molar-refractivity contribution in [3.8, 4) is 0 Å². The van der Waals surface area contributed by atoms with Crippen molar-refractivity contribution in [1.82, 2.24) is 4.98 Å². The van der Waals surface area contributed by atoms with Crippen molar-refractivity contribution in [2.45, 2.75) is 13.0 Å². The van der Waals surface area contributed by atoms with Crippen LogP contribution in [0, 0.1) is 0 Å². The minimum absolute atomic E-state index is 0.182. The molecule has 17 heavy (non-hydrogen) atoms. The number of amides is 1. The number of hydrogen-bond donors (Lipinski definition) is 3. The third-order valence-corrected chi connectivity index (χ3v) is 2.13. The number of methoxy groups -OCH3 is 1. The van der Waals surface area contributed by atoms with Gasteiger partial charge in [-0.2, -0.15) is 0 Å². The van der Waals surface area contributed by atoms with Crippen molar-refractivity contribution in [3.05, 3.63) is 17.8 Å². The fraction of sp³-hybridized carbons (Fsp3) is 0.300. The molecule has 0 aliphatic rings. The number of nitrogens with zero attached hydrogens (tertiary/aromatic N) is 1. The van der Waals surface area contributed by atoms with E-state index in [4.69, 9.17) is 11.5 Å². The van der Waals surface area contributed by atoms with Crippen molar-refractivity contribution < 1.29 is 14.3 Å². The molecule has 0 aliphatic carbocycles. The van der Waals surface area contributed by atoms with Gasteiger partial charge in [0.05, 0.1) is 24.6 Å². The zero-order valence-corrected chi connectivity index (χ0v) is 9.56. The van der Waals surface area contributed by atoms with E-state index in [0.29, 0.717) is 5.82 Å². The number of esters is 1. The molecule has 0 spiro atoms. The molecule has 0 aromatic carbocycles. The van der Waals surface area contributed by atoms with Gasteiger partial charge in [0.15, 0.2) is 0 Å². The van der Waals surface area contributed by atoms with Gasteiger partial charge in [0.25, 0.3) is 0 Å². The van der Waals surface area contributed by atoms with Gasteiger partial charge in [-0.05, 0) is 13.0 Å². The Hall–Kier alpha value is -2.31. The van der Waals surface area contributed by atoms with Crippen LogP contribution in [0.3, 0.4) is 0 Å². The Kier molecular flexibility index (Phi) is 3.86. The summed E-state index contributed by atoms with van der Waals surface area (Å²) in [6, 6.07) is 0.803. The molecule has 0 fully saturated rings. The molecule has 1 unspecified atom stereocenters. The van der Waals surface area contributed by atoms with Gasteiger partial charge < -0.3 is 21.5 Å². The topological polar surface area (TPSA) is 120 Å². The highest BCUT2D eigenvalue weighted by atomic mass is 16.5. The molecule has 0 aliphatic heterocycles. The van der Waals surface area contributed by atoms with Gasteiger partial charge in [-0.1, -0.05) is 0 Å². The summed E-state index contributed by atoms with van der Waals surface area (Å²) in [6.45, 7) is 1.58. The minimum atomic E-state index is -0.600. The van der Waals surface area contributed by atoms with Crippen LogP contribution in [-0.2, 0) is 9.53 Å². The fourth-order valence-corrected chi connectivity index (χ4v) is 1.12. The molecule has 1 aromatic rings. The van der Waals surface area contributed by atoms with Crippen LogP contribution in [0.4, 0.5) is 11.5 Å². The first-order chi connectivity index (χ1) is 7.95. The number of anilines is 2. The summed E-state index contributed by atoms with van der Waals surface area (Å²) in [6.07, 6.45) is 1.31. The number of pyridine rings is 1. The number of carbonyl (C=O) groups is 2. The zero-order valence-electron chi connectivity index (χ0n) is 9.56. The molecule has 0 radical (unpaired) electrons. The first kappa shape index (κ1) is 12.8. The normalized spacial score (nSPS) is 11.6. The minimum Gasteiger partial charge on any atom is -0.465 e. The van der Waals surface area contributed by atoms with E-state index in [9.17, 15) is 9.59 Å². The van der Waals surface area contributed by atoms with Gasteiger partial charge >= 0.3 is 5.97 Å². The Morgan fingerprint density at radius 1 is 1.53 bits per heavy atom. The number of nitrogen functional groups attached to an aromatic ring is 1. The summed E-state index contributed by atoms with van der Waals surface area (Å²) in [5, 5.41) is 2.74. The summed E-state index contributed by atoms with van der Waals surface area (Å²) in [7, 11) is 1.25. The monoisotopic (exact) mass is 238 g/mol. The number of ether oxygens (including phenoxy) is 1. The molecule has 0 saturated heterocycles. The molecule has 1 rings (SSSR count). The highest BCUT2D eigenvalue weighted by Gasteiger charge is 2.14. The van der Waals surface area contributed by atoms with Crippen LogP contribution < -0.4 is 16.8 Å². The van der Waals surface area contributed by atoms with Gasteiger partial charge in [-0.3, -0.25) is 4.79 Å². The third-order valence-electron chi connectivity index (χ3n) is 2.13. The van der Waals surface area contributed by atoms with Gasteiger partial charge in [0.2, 0.25) is 5.91 Å². The van der Waals surface area contributed by atoms with E-state index in [-0.39, 0.29) is 11.3 Å². The van der Waals surface area contributed by atoms with Crippen LogP contribution in [0.15, 0.2) is 12.3 Å². The predicted molar refractivity (Wildman–Crippen MR) is 62.3 cm³/mol. The number of rotatable bonds is 4. The van der Waals surface area contributed by atoms with Crippen molar-refractivity contribution in [2.24, 2.45) is 5.73 Å². The molecular weight excluding hydrogens is 224 g/mol. The molecule has 1 heterocycles. The van der Waals surface area contributed by atoms with Crippen LogP contribution in [0.2, 0.25) is 0 Å². The van der Waals surface area contributed by atoms with E-state index in [0.717, 1.165) is 0 Å². The third kappa shape index (κ3) is 3.07. The second kappa shape index (κ2) is 5.15. The van der Waals surface area contributed by atoms with Crippen LogP contribution in [-0.4, -0.2) is 30.0 Å². The van der Waals surface area contributed by atoms with E-state index < -0.39 is 17.9 Å². The molecule has 7 heteroatoms. The average Bonchev–Trinajstić information content (AvgIpc) is 2.30. The highest BCUT2D eigenvalue weighted by molar-refractivity contribution is 5.95. The maximum atomic E-state index is 11.4. The molecular formula is C10H14N4O3. The molecule has 7 nitrogen and oxygen atoms in total. The van der Waals surface area contributed by atoms with E-state index in [2.05, 4.69) is 15.0 Å². The van der Waals surface area contributed by atoms with Gasteiger partial charge in [0, 0.05) is 0 Å². The lowest BCUT2D eigenvalue weighted by Crippen LogP contribution is -2.32. The van der Waals surface area contributed by atoms with E-state index in [1.54, 1.807) is 6.92 Å². The summed E-state index contributed by atoms with van der Waals surface area (Å²) >= 11 is 0. The summed E-state index contributed by atoms with van der Waals surface area (Å²) in [5.41, 5.74) is 11.1. The second-order valence-corrected chi connectivity index (χ2v) is 3.42. The lowest BCUT2D eigenvalue weighted by molar-refractivity contribution is -0.118. The number of aromatic nitrogens is 1. The molecule has 5 N–H and O–H groups in total. The Morgan fingerprint density at radius 3 is 2.71 bits per heavy atom. The first-order valence-electron chi connectivity index (χ1n) is 4.85. The SMILES string of the molecule is COC(=O)c1cc(NC(C)C(N)=O)ncc1N. The quantitative estimate of drug-likeness (QED) is 0.621. The molecule has 0 saturated carbocycles. The Morgan fingerprint density at radius 2 is 2.18 bits per heavy atom. The summed E-state index contributed by atoms with van der Waals surface area (Å²) in [4.78, 5) is 26.1. The second-order valence-electron chi connectivity index (χ2n) is 3.42. The Labute approximate surface area is 98.1 Å². The molecule has 1 atom stereocenters. The molecule has 1 aromatic heterocycles. The fourth-order valence-electron chi connectivity index (χ4n) is 1.12. The Bertz CT molecular complexity index is 447. The standard InChI is InChI=1S/C10H14N4O3/c1-5(9(12)15)14-8-3-6(10(16)17-2)7(11)4-13-8/h3-5H,11H2,1-2H3,(H2,12,15)(H,13,14). The van der Waals surface area contributed by atoms with E-state index in [1.165, 1.54) is 19.4 Å². The van der Waals surface area contributed by atoms with Crippen LogP contribution >= 0.6 is 0 Å². The van der Waals surface area contributed by atoms with Crippen molar-refractivity contribution >= 4 is 23.4 Å². The van der Waals surface area contributed by atoms with Gasteiger partial charge in [0.1, 0.15) is 11.9 Å².